The van der Waals surface area contributed by atoms with Crippen LogP contribution in [0.25, 0.3) is 0 Å². The minimum atomic E-state index is -0.771. The molecule has 0 unspecified atom stereocenters. The minimum Gasteiger partial charge on any atom is -0.494 e. The normalized spacial score (nSPS) is 10.8. The average Bonchev–Trinajstić information content (AvgIpc) is 3.35. The van der Waals surface area contributed by atoms with Crippen molar-refractivity contribution in [3.8, 4) is 34.5 Å². The van der Waals surface area contributed by atoms with Gasteiger partial charge in [-0.3, -0.25) is 0 Å². The van der Waals surface area contributed by atoms with E-state index in [0.29, 0.717) is 24.5 Å². The average molecular weight is 929 g/mol. The molecule has 10 nitrogen and oxygen atoms in total. The summed E-state index contributed by atoms with van der Waals surface area (Å²) in [5.74, 6) is -1.98. The molecule has 0 aliphatic rings. The first-order valence-corrected chi connectivity index (χ1v) is 24.2. The van der Waals surface area contributed by atoms with Crippen LogP contribution < -0.4 is 28.4 Å². The Morgan fingerprint density at radius 2 is 0.809 bits per heavy atom. The Morgan fingerprint density at radius 1 is 0.426 bits per heavy atom. The molecule has 5 aromatic carbocycles. The van der Waals surface area contributed by atoms with Crippen LogP contribution in [0.5, 0.6) is 34.5 Å². The second-order valence-electron chi connectivity index (χ2n) is 16.7. The monoisotopic (exact) mass is 928 g/mol. The highest BCUT2D eigenvalue weighted by Crippen LogP contribution is 2.25. The summed E-state index contributed by atoms with van der Waals surface area (Å²) in [4.78, 5) is 51.5. The topological polar surface area (TPSA) is 124 Å². The van der Waals surface area contributed by atoms with E-state index in [1.165, 1.54) is 156 Å². The Hall–Kier alpha value is -6.75. The highest BCUT2D eigenvalue weighted by atomic mass is 19.1. The highest BCUT2D eigenvalue weighted by molar-refractivity contribution is 5.94. The van der Waals surface area contributed by atoms with Gasteiger partial charge in [-0.05, 0) is 129 Å². The van der Waals surface area contributed by atoms with Gasteiger partial charge in [0.25, 0.3) is 0 Å². The molecule has 0 N–H and O–H groups in total. The number of benzene rings is 5. The number of carbonyl (C=O) groups is 4. The van der Waals surface area contributed by atoms with E-state index in [1.807, 2.05) is 6.08 Å². The van der Waals surface area contributed by atoms with Gasteiger partial charge < -0.3 is 28.4 Å². The minimum absolute atomic E-state index is 0.0112. The van der Waals surface area contributed by atoms with Crippen LogP contribution >= 0.6 is 0 Å². The number of allylic oxidation sites excluding steroid dienone is 1. The lowest BCUT2D eigenvalue weighted by atomic mass is 10.1. The number of hydrogen-bond donors (Lipinski definition) is 0. The number of esters is 4. The Kier molecular flexibility index (Phi) is 22.9. The summed E-state index contributed by atoms with van der Waals surface area (Å²) in [5, 5.41) is 0. The molecule has 0 bridgehead atoms. The quantitative estimate of drug-likeness (QED) is 0.0184. The van der Waals surface area contributed by atoms with Gasteiger partial charge in [-0.15, -0.1) is 6.58 Å². The van der Waals surface area contributed by atoms with E-state index < -0.39 is 29.7 Å². The molecular formula is C57H65FO10. The zero-order valence-corrected chi connectivity index (χ0v) is 39.4. The van der Waals surface area contributed by atoms with Crippen molar-refractivity contribution in [2.45, 2.75) is 122 Å². The van der Waals surface area contributed by atoms with Crippen LogP contribution in [0.3, 0.4) is 0 Å². The molecule has 0 aromatic heterocycles. The van der Waals surface area contributed by atoms with Crippen molar-refractivity contribution < 1.29 is 52.0 Å². The van der Waals surface area contributed by atoms with Crippen molar-refractivity contribution >= 4 is 23.9 Å². The number of ether oxygens (including phenoxy) is 6. The maximum Gasteiger partial charge on any atom is 0.343 e. The number of hydrogen-bond acceptors (Lipinski definition) is 10. The molecule has 0 radical (unpaired) electrons. The van der Waals surface area contributed by atoms with E-state index in [4.69, 9.17) is 28.4 Å². The lowest BCUT2D eigenvalue weighted by Gasteiger charge is -2.10. The zero-order valence-electron chi connectivity index (χ0n) is 39.4. The number of unbranched alkanes of at least 4 members (excludes halogenated alkanes) is 16. The van der Waals surface area contributed by atoms with Gasteiger partial charge in [-0.2, -0.15) is 0 Å². The molecule has 0 heterocycles. The summed E-state index contributed by atoms with van der Waals surface area (Å²) in [6.45, 7) is 7.00. The summed E-state index contributed by atoms with van der Waals surface area (Å²) in [6.07, 6.45) is 23.2. The first-order chi connectivity index (χ1) is 33.2. The van der Waals surface area contributed by atoms with E-state index in [1.54, 1.807) is 30.3 Å². The molecule has 360 valence electrons. The van der Waals surface area contributed by atoms with Crippen molar-refractivity contribution in [2.24, 2.45) is 0 Å². The van der Waals surface area contributed by atoms with Gasteiger partial charge >= 0.3 is 23.9 Å². The molecule has 68 heavy (non-hydrogen) atoms. The maximum atomic E-state index is 14.8. The zero-order chi connectivity index (χ0) is 48.2. The maximum absolute atomic E-state index is 14.8. The van der Waals surface area contributed by atoms with Crippen molar-refractivity contribution in [3.05, 3.63) is 156 Å². The van der Waals surface area contributed by atoms with Crippen molar-refractivity contribution in [1.29, 1.82) is 0 Å². The third-order valence-electron chi connectivity index (χ3n) is 11.2. The summed E-state index contributed by atoms with van der Waals surface area (Å²) >= 11 is 0. The van der Waals surface area contributed by atoms with E-state index in [-0.39, 0.29) is 45.4 Å². The second-order valence-corrected chi connectivity index (χ2v) is 16.7. The molecule has 0 aliphatic heterocycles. The fourth-order valence-corrected chi connectivity index (χ4v) is 7.25. The largest absolute Gasteiger partial charge is 0.494 e. The predicted molar refractivity (Wildman–Crippen MR) is 262 cm³/mol. The summed E-state index contributed by atoms with van der Waals surface area (Å²) in [6, 6.07) is 28.3. The SMILES string of the molecule is C=CCCCCCCCCCOc1ccc(C(=O)Oc2ccc(C(=O)Oc3cccc(OC(=O)c4ccc(OC(=O)c5ccc(OCCCCCCCCCCCC)c(F)c5)cc4)c3)cc2)cc1. The van der Waals surface area contributed by atoms with E-state index in [2.05, 4.69) is 13.5 Å². The molecule has 0 saturated carbocycles. The molecule has 5 aromatic rings. The van der Waals surface area contributed by atoms with Crippen molar-refractivity contribution in [3.63, 3.8) is 0 Å². The molecule has 0 spiro atoms. The molecule has 0 aliphatic carbocycles. The highest BCUT2D eigenvalue weighted by Gasteiger charge is 2.16. The molecule has 0 atom stereocenters. The number of carbonyl (C=O) groups excluding carboxylic acids is 4. The molecule has 0 fully saturated rings. The second kappa shape index (κ2) is 29.8. The lowest BCUT2D eigenvalue weighted by molar-refractivity contribution is 0.0723. The lowest BCUT2D eigenvalue weighted by Crippen LogP contribution is -2.11. The van der Waals surface area contributed by atoms with Crippen molar-refractivity contribution in [1.82, 2.24) is 0 Å². The van der Waals surface area contributed by atoms with Crippen molar-refractivity contribution in [2.75, 3.05) is 13.2 Å². The van der Waals surface area contributed by atoms with E-state index >= 15 is 0 Å². The third kappa shape index (κ3) is 18.9. The standard InChI is InChI=1S/C57H65FO10/c1-3-5-7-9-11-13-15-17-19-21-40-64-53-38-31-46(41-52(53)58)57(62)66-49-36-29-45(30-37-49)56(61)68-51-24-22-23-50(42-51)67-55(60)44-27-34-48(35-28-44)65-54(59)43-25-32-47(33-26-43)63-39-20-18-16-14-12-10-8-6-4-2/h4,22-38,41-42H,2-3,5-21,39-40H2,1H3. The smallest absolute Gasteiger partial charge is 0.343 e. The fraction of sp³-hybridized carbons (Fsp3) is 0.368. The van der Waals surface area contributed by atoms with E-state index in [0.717, 1.165) is 44.6 Å². The Balaban J connectivity index is 0.994. The number of rotatable bonds is 31. The first-order valence-electron chi connectivity index (χ1n) is 24.2. The molecule has 0 saturated heterocycles. The molecule has 0 amide bonds. The van der Waals surface area contributed by atoms with Crippen LogP contribution in [0.2, 0.25) is 0 Å². The first kappa shape index (κ1) is 52.2. The summed E-state index contributed by atoms with van der Waals surface area (Å²) < 4.78 is 48.2. The summed E-state index contributed by atoms with van der Waals surface area (Å²) in [7, 11) is 0. The summed E-state index contributed by atoms with van der Waals surface area (Å²) in [5.41, 5.74) is 0.722. The van der Waals surface area contributed by atoms with Crippen LogP contribution in [-0.4, -0.2) is 37.1 Å². The number of halogens is 1. The van der Waals surface area contributed by atoms with Crippen LogP contribution in [0, 0.1) is 5.82 Å². The van der Waals surface area contributed by atoms with Gasteiger partial charge in [0.1, 0.15) is 28.7 Å². The Bertz CT molecular complexity index is 2320. The van der Waals surface area contributed by atoms with Gasteiger partial charge in [0.15, 0.2) is 11.6 Å². The predicted octanol–water partition coefficient (Wildman–Crippen LogP) is 14.7. The van der Waals surface area contributed by atoms with Crippen LogP contribution in [0.15, 0.2) is 128 Å². The van der Waals surface area contributed by atoms with Gasteiger partial charge in [0.05, 0.1) is 35.5 Å². The van der Waals surface area contributed by atoms with Crippen LogP contribution in [0.4, 0.5) is 4.39 Å². The fourth-order valence-electron chi connectivity index (χ4n) is 7.25. The van der Waals surface area contributed by atoms with Crippen LogP contribution in [0.1, 0.15) is 164 Å². The molecule has 11 heteroatoms. The van der Waals surface area contributed by atoms with Gasteiger partial charge in [-0.25, -0.2) is 23.6 Å². The Labute approximate surface area is 400 Å². The van der Waals surface area contributed by atoms with Gasteiger partial charge in [-0.1, -0.05) is 109 Å². The third-order valence-corrected chi connectivity index (χ3v) is 11.2. The Morgan fingerprint density at radius 3 is 1.26 bits per heavy atom. The van der Waals surface area contributed by atoms with Gasteiger partial charge in [0.2, 0.25) is 0 Å². The van der Waals surface area contributed by atoms with Gasteiger partial charge in [0, 0.05) is 6.07 Å². The van der Waals surface area contributed by atoms with Crippen LogP contribution in [-0.2, 0) is 0 Å². The van der Waals surface area contributed by atoms with E-state index in [9.17, 15) is 23.6 Å². The molecule has 5 rings (SSSR count). The molecular weight excluding hydrogens is 864 g/mol.